The van der Waals surface area contributed by atoms with Gasteiger partial charge in [-0.25, -0.2) is 9.97 Å². The van der Waals surface area contributed by atoms with Crippen LogP contribution in [-0.2, 0) is 22.5 Å². The number of rotatable bonds is 5. The van der Waals surface area contributed by atoms with Crippen LogP contribution in [0.2, 0.25) is 0 Å². The number of imidazole rings is 1. The molecule has 1 aliphatic rings. The van der Waals surface area contributed by atoms with Crippen molar-refractivity contribution < 1.29 is 9.53 Å². The fourth-order valence-corrected chi connectivity index (χ4v) is 3.95. The summed E-state index contributed by atoms with van der Waals surface area (Å²) in [5, 5.41) is 0.847. The number of carbonyl (C=O) groups excluding carboxylic acids is 1. The Hall–Kier alpha value is -1.80. The molecule has 0 fully saturated rings. The van der Waals surface area contributed by atoms with E-state index in [4.69, 9.17) is 9.72 Å². The lowest BCUT2D eigenvalue weighted by molar-refractivity contribution is -0.138. The van der Waals surface area contributed by atoms with Crippen LogP contribution in [0.3, 0.4) is 0 Å². The number of amides is 1. The van der Waals surface area contributed by atoms with Gasteiger partial charge in [-0.15, -0.1) is 0 Å². The largest absolute Gasteiger partial charge is 0.375 e. The van der Waals surface area contributed by atoms with Crippen molar-refractivity contribution in [2.45, 2.75) is 46.2 Å². The minimum atomic E-state index is -0.0155. The van der Waals surface area contributed by atoms with Crippen LogP contribution in [0.5, 0.6) is 0 Å². The van der Waals surface area contributed by atoms with E-state index in [1.165, 1.54) is 11.5 Å². The maximum atomic E-state index is 12.3. The van der Waals surface area contributed by atoms with Gasteiger partial charge in [0.25, 0.3) is 0 Å². The Morgan fingerprint density at radius 2 is 2.17 bits per heavy atom. The maximum Gasteiger partial charge on any atom is 0.249 e. The van der Waals surface area contributed by atoms with Crippen LogP contribution in [0.4, 0.5) is 0 Å². The molecule has 0 N–H and O–H groups in total. The Bertz CT molecular complexity index is 739. The first-order chi connectivity index (χ1) is 11.6. The lowest BCUT2D eigenvalue weighted by Crippen LogP contribution is -2.42. The molecule has 0 saturated heterocycles. The zero-order valence-corrected chi connectivity index (χ0v) is 15.4. The third-order valence-corrected chi connectivity index (χ3v) is 5.11. The summed E-state index contributed by atoms with van der Waals surface area (Å²) in [6.45, 7) is 7.59. The van der Waals surface area contributed by atoms with Gasteiger partial charge in [0, 0.05) is 20.2 Å². The minimum Gasteiger partial charge on any atom is -0.375 e. The summed E-state index contributed by atoms with van der Waals surface area (Å²) in [7, 11) is 1.55. The van der Waals surface area contributed by atoms with Crippen molar-refractivity contribution in [3.8, 4) is 10.8 Å². The molecule has 1 atom stereocenters. The van der Waals surface area contributed by atoms with Crippen molar-refractivity contribution in [2.24, 2.45) is 0 Å². The van der Waals surface area contributed by atoms with Gasteiger partial charge in [-0.05, 0) is 31.8 Å². The van der Waals surface area contributed by atoms with Crippen LogP contribution in [0.25, 0.3) is 10.8 Å². The van der Waals surface area contributed by atoms with Crippen molar-refractivity contribution in [2.75, 3.05) is 20.3 Å². The summed E-state index contributed by atoms with van der Waals surface area (Å²) in [5.41, 5.74) is 2.18. The number of carbonyl (C=O) groups is 1. The molecule has 1 amide bonds. The lowest BCUT2D eigenvalue weighted by Gasteiger charge is -2.35. The number of nitrogens with zero attached hydrogens (tertiary/aromatic N) is 5. The van der Waals surface area contributed by atoms with Gasteiger partial charge in [-0.2, -0.15) is 4.37 Å². The highest BCUT2D eigenvalue weighted by molar-refractivity contribution is 7.09. The Balaban J connectivity index is 2.02. The zero-order chi connectivity index (χ0) is 17.3. The molecule has 1 unspecified atom stereocenters. The minimum absolute atomic E-state index is 0.0155. The molecule has 0 radical (unpaired) electrons. The molecule has 3 heterocycles. The van der Waals surface area contributed by atoms with Crippen LogP contribution < -0.4 is 0 Å². The predicted molar refractivity (Wildman–Crippen MR) is 91.9 cm³/mol. The number of aromatic nitrogens is 4. The molecule has 0 bridgehead atoms. The fraction of sp³-hybridized carbons (Fsp3) is 0.625. The second kappa shape index (κ2) is 6.98. The van der Waals surface area contributed by atoms with E-state index in [1.807, 2.05) is 11.8 Å². The highest BCUT2D eigenvalue weighted by atomic mass is 32.1. The van der Waals surface area contributed by atoms with E-state index in [0.29, 0.717) is 6.54 Å². The van der Waals surface area contributed by atoms with Crippen LogP contribution in [-0.4, -0.2) is 50.0 Å². The molecular weight excluding hydrogens is 326 g/mol. The van der Waals surface area contributed by atoms with Crippen molar-refractivity contribution in [1.82, 2.24) is 23.8 Å². The van der Waals surface area contributed by atoms with E-state index in [2.05, 4.69) is 27.8 Å². The normalized spacial score (nSPS) is 17.2. The van der Waals surface area contributed by atoms with E-state index in [-0.39, 0.29) is 18.6 Å². The number of ether oxygens (including phenoxy) is 1. The van der Waals surface area contributed by atoms with Crippen molar-refractivity contribution in [3.63, 3.8) is 0 Å². The fourth-order valence-electron chi connectivity index (χ4n) is 3.28. The number of methoxy groups -OCH3 is 1. The monoisotopic (exact) mass is 349 g/mol. The predicted octanol–water partition coefficient (Wildman–Crippen LogP) is 2.21. The van der Waals surface area contributed by atoms with E-state index in [1.54, 1.807) is 7.11 Å². The first-order valence-corrected chi connectivity index (χ1v) is 9.02. The molecule has 1 aliphatic heterocycles. The standard InChI is InChI=1S/C16H23N5O2S/c1-5-6-12-14-10(2)20(13(22)9-23-4)7-8-21(14)15(18-12)16-17-11(3)19-24-16/h10H,5-9H2,1-4H3. The molecule has 130 valence electrons. The van der Waals surface area contributed by atoms with Gasteiger partial charge in [0.15, 0.2) is 10.8 Å². The SMILES string of the molecule is CCCc1nc(-c2nc(C)ns2)n2c1C(C)N(C(=O)COC)CC2. The molecule has 0 spiro atoms. The summed E-state index contributed by atoms with van der Waals surface area (Å²) < 4.78 is 11.5. The summed E-state index contributed by atoms with van der Waals surface area (Å²) in [6.07, 6.45) is 1.90. The van der Waals surface area contributed by atoms with E-state index >= 15 is 0 Å². The first-order valence-electron chi connectivity index (χ1n) is 8.25. The maximum absolute atomic E-state index is 12.3. The molecule has 0 aliphatic carbocycles. The number of hydrogen-bond donors (Lipinski definition) is 0. The van der Waals surface area contributed by atoms with Crippen LogP contribution >= 0.6 is 11.5 Å². The molecule has 0 aromatic carbocycles. The second-order valence-corrected chi connectivity index (χ2v) is 6.76. The Kier molecular flexibility index (Phi) is 4.96. The van der Waals surface area contributed by atoms with Gasteiger partial charge in [-0.3, -0.25) is 4.79 Å². The molecule has 24 heavy (non-hydrogen) atoms. The van der Waals surface area contributed by atoms with Gasteiger partial charge in [0.2, 0.25) is 5.91 Å². The average molecular weight is 349 g/mol. The van der Waals surface area contributed by atoms with E-state index < -0.39 is 0 Å². The quantitative estimate of drug-likeness (QED) is 0.827. The third-order valence-electron chi connectivity index (χ3n) is 4.30. The first kappa shape index (κ1) is 17.0. The molecule has 0 saturated carbocycles. The lowest BCUT2D eigenvalue weighted by atomic mass is 10.1. The molecule has 3 rings (SSSR count). The molecule has 8 heteroatoms. The van der Waals surface area contributed by atoms with Gasteiger partial charge in [-0.1, -0.05) is 13.3 Å². The Labute approximate surface area is 145 Å². The smallest absolute Gasteiger partial charge is 0.249 e. The van der Waals surface area contributed by atoms with E-state index in [0.717, 1.165) is 47.4 Å². The Morgan fingerprint density at radius 3 is 2.79 bits per heavy atom. The number of hydrogen-bond acceptors (Lipinski definition) is 6. The molecule has 2 aromatic heterocycles. The van der Waals surface area contributed by atoms with Gasteiger partial charge in [0.05, 0.1) is 17.4 Å². The summed E-state index contributed by atoms with van der Waals surface area (Å²) in [5.74, 6) is 1.67. The second-order valence-electron chi connectivity index (χ2n) is 6.01. The average Bonchev–Trinajstić information content (AvgIpc) is 3.12. The summed E-state index contributed by atoms with van der Waals surface area (Å²) in [6, 6.07) is -0.0155. The number of fused-ring (bicyclic) bond motifs is 1. The Morgan fingerprint density at radius 1 is 1.38 bits per heavy atom. The molecular formula is C16H23N5O2S. The van der Waals surface area contributed by atoms with Crippen molar-refractivity contribution in [1.29, 1.82) is 0 Å². The molecule has 2 aromatic rings. The third kappa shape index (κ3) is 2.95. The van der Waals surface area contributed by atoms with Gasteiger partial charge in [0.1, 0.15) is 12.4 Å². The van der Waals surface area contributed by atoms with Gasteiger partial charge < -0.3 is 14.2 Å². The van der Waals surface area contributed by atoms with Crippen molar-refractivity contribution in [3.05, 3.63) is 17.2 Å². The van der Waals surface area contributed by atoms with E-state index in [9.17, 15) is 4.79 Å². The zero-order valence-electron chi connectivity index (χ0n) is 14.6. The summed E-state index contributed by atoms with van der Waals surface area (Å²) in [4.78, 5) is 23.6. The summed E-state index contributed by atoms with van der Waals surface area (Å²) >= 11 is 1.38. The van der Waals surface area contributed by atoms with Crippen molar-refractivity contribution >= 4 is 17.4 Å². The topological polar surface area (TPSA) is 73.1 Å². The van der Waals surface area contributed by atoms with Crippen LogP contribution in [0.1, 0.15) is 43.5 Å². The number of aryl methyl sites for hydroxylation is 2. The van der Waals surface area contributed by atoms with Crippen LogP contribution in [0.15, 0.2) is 0 Å². The highest BCUT2D eigenvalue weighted by Gasteiger charge is 2.33. The molecule has 7 nitrogen and oxygen atoms in total. The highest BCUT2D eigenvalue weighted by Crippen LogP contribution is 2.34. The van der Waals surface area contributed by atoms with Crippen LogP contribution in [0, 0.1) is 6.92 Å². The van der Waals surface area contributed by atoms with Gasteiger partial charge >= 0.3 is 0 Å².